The van der Waals surface area contributed by atoms with Crippen LogP contribution in [0.1, 0.15) is 12.0 Å². The molecule has 1 aromatic rings. The van der Waals surface area contributed by atoms with E-state index in [1.165, 1.54) is 6.07 Å². The summed E-state index contributed by atoms with van der Waals surface area (Å²) in [5.74, 6) is -0.198. The monoisotopic (exact) mass is 271 g/mol. The highest BCUT2D eigenvalue weighted by Crippen LogP contribution is 2.20. The minimum Gasteiger partial charge on any atom is -0.319 e. The van der Waals surface area contributed by atoms with E-state index in [4.69, 9.17) is 0 Å². The maximum atomic E-state index is 13.1. The van der Waals surface area contributed by atoms with Gasteiger partial charge >= 0.3 is 0 Å². The Kier molecular flexibility index (Phi) is 5.58. The Balaban J connectivity index is 2.50. The summed E-state index contributed by atoms with van der Waals surface area (Å²) >= 11 is 3.24. The van der Waals surface area contributed by atoms with E-state index in [9.17, 15) is 4.39 Å². The molecule has 0 aliphatic heterocycles. The van der Waals surface area contributed by atoms with Gasteiger partial charge in [-0.25, -0.2) is 4.39 Å². The van der Waals surface area contributed by atoms with Crippen molar-refractivity contribution in [2.45, 2.75) is 12.8 Å². The van der Waals surface area contributed by atoms with E-state index in [1.54, 1.807) is 6.07 Å². The van der Waals surface area contributed by atoms with Crippen LogP contribution in [0.3, 0.4) is 0 Å². The summed E-state index contributed by atoms with van der Waals surface area (Å²) in [7, 11) is 1.93. The van der Waals surface area contributed by atoms with Crippen molar-refractivity contribution in [3.05, 3.63) is 46.2 Å². The first kappa shape index (κ1) is 12.4. The molecule has 0 aromatic heterocycles. The largest absolute Gasteiger partial charge is 0.319 e. The molecule has 1 aromatic carbocycles. The van der Waals surface area contributed by atoms with Crippen LogP contribution in [0.15, 0.2) is 34.8 Å². The molecule has 3 heteroatoms. The minimum atomic E-state index is -0.198. The Morgan fingerprint density at radius 3 is 2.93 bits per heavy atom. The van der Waals surface area contributed by atoms with Crippen molar-refractivity contribution in [1.29, 1.82) is 0 Å². The van der Waals surface area contributed by atoms with Crippen LogP contribution >= 0.6 is 15.9 Å². The van der Waals surface area contributed by atoms with E-state index in [0.717, 1.165) is 24.9 Å². The third-order valence-electron chi connectivity index (χ3n) is 2.10. The molecule has 82 valence electrons. The van der Waals surface area contributed by atoms with Gasteiger partial charge in [-0.3, -0.25) is 0 Å². The van der Waals surface area contributed by atoms with Gasteiger partial charge in [0.2, 0.25) is 0 Å². The van der Waals surface area contributed by atoms with Crippen LogP contribution < -0.4 is 5.32 Å². The molecule has 15 heavy (non-hydrogen) atoms. The number of nitrogens with one attached hydrogen (secondary N) is 1. The third kappa shape index (κ3) is 4.14. The second kappa shape index (κ2) is 6.75. The first-order valence-electron chi connectivity index (χ1n) is 4.98. The van der Waals surface area contributed by atoms with Gasteiger partial charge in [-0.2, -0.15) is 0 Å². The highest BCUT2D eigenvalue weighted by Gasteiger charge is 2.02. The Bertz CT molecular complexity index is 336. The van der Waals surface area contributed by atoms with E-state index >= 15 is 0 Å². The smallest absolute Gasteiger partial charge is 0.137 e. The predicted octanol–water partition coefficient (Wildman–Crippen LogP) is 3.30. The fourth-order valence-electron chi connectivity index (χ4n) is 1.26. The first-order valence-corrected chi connectivity index (χ1v) is 5.77. The SMILES string of the molecule is CNCC/C=C/Cc1cccc(F)c1Br. The van der Waals surface area contributed by atoms with Gasteiger partial charge < -0.3 is 5.32 Å². The van der Waals surface area contributed by atoms with Crippen molar-refractivity contribution < 1.29 is 4.39 Å². The van der Waals surface area contributed by atoms with E-state index < -0.39 is 0 Å². The number of allylic oxidation sites excluding steroid dienone is 1. The molecule has 0 bridgehead atoms. The van der Waals surface area contributed by atoms with Gasteiger partial charge in [0.05, 0.1) is 4.47 Å². The Morgan fingerprint density at radius 1 is 1.40 bits per heavy atom. The molecule has 0 saturated heterocycles. The molecule has 0 saturated carbocycles. The van der Waals surface area contributed by atoms with Crippen molar-refractivity contribution >= 4 is 15.9 Å². The summed E-state index contributed by atoms with van der Waals surface area (Å²) < 4.78 is 13.7. The normalized spacial score (nSPS) is 11.1. The molecule has 1 rings (SSSR count). The molecule has 0 fully saturated rings. The van der Waals surface area contributed by atoms with Crippen LogP contribution in [0.2, 0.25) is 0 Å². The maximum Gasteiger partial charge on any atom is 0.137 e. The Hall–Kier alpha value is -0.670. The summed E-state index contributed by atoms with van der Waals surface area (Å²) in [6.45, 7) is 0.973. The minimum absolute atomic E-state index is 0.198. The molecule has 0 aliphatic carbocycles. The van der Waals surface area contributed by atoms with Gasteiger partial charge in [0, 0.05) is 0 Å². The van der Waals surface area contributed by atoms with Gasteiger partial charge in [-0.15, -0.1) is 0 Å². The summed E-state index contributed by atoms with van der Waals surface area (Å²) in [6, 6.07) is 5.12. The topological polar surface area (TPSA) is 12.0 Å². The van der Waals surface area contributed by atoms with E-state index in [1.807, 2.05) is 13.1 Å². The van der Waals surface area contributed by atoms with Crippen LogP contribution in [0.4, 0.5) is 4.39 Å². The van der Waals surface area contributed by atoms with Crippen LogP contribution in [0.5, 0.6) is 0 Å². The zero-order valence-electron chi connectivity index (χ0n) is 8.76. The number of hydrogen-bond donors (Lipinski definition) is 1. The highest BCUT2D eigenvalue weighted by molar-refractivity contribution is 9.10. The first-order chi connectivity index (χ1) is 7.25. The van der Waals surface area contributed by atoms with Crippen molar-refractivity contribution in [1.82, 2.24) is 5.32 Å². The zero-order valence-corrected chi connectivity index (χ0v) is 10.3. The molecule has 0 spiro atoms. The molecule has 0 heterocycles. The Morgan fingerprint density at radius 2 is 2.20 bits per heavy atom. The molecule has 0 amide bonds. The molecule has 1 N–H and O–H groups in total. The van der Waals surface area contributed by atoms with E-state index in [0.29, 0.717) is 4.47 Å². The number of rotatable bonds is 5. The van der Waals surface area contributed by atoms with Gasteiger partial charge in [0.15, 0.2) is 0 Å². The second-order valence-corrected chi connectivity index (χ2v) is 4.07. The fraction of sp³-hybridized carbons (Fsp3) is 0.333. The molecule has 1 nitrogen and oxygen atoms in total. The Labute approximate surface area is 98.5 Å². The maximum absolute atomic E-state index is 13.1. The van der Waals surface area contributed by atoms with Crippen LogP contribution in [0.25, 0.3) is 0 Å². The lowest BCUT2D eigenvalue weighted by Crippen LogP contribution is -2.05. The summed E-state index contributed by atoms with van der Waals surface area (Å²) in [6.07, 6.45) is 5.94. The lowest BCUT2D eigenvalue weighted by atomic mass is 10.1. The van der Waals surface area contributed by atoms with Crippen molar-refractivity contribution in [2.24, 2.45) is 0 Å². The quantitative estimate of drug-likeness (QED) is 0.640. The van der Waals surface area contributed by atoms with Crippen molar-refractivity contribution in [3.8, 4) is 0 Å². The summed E-state index contributed by atoms with van der Waals surface area (Å²) in [5.41, 5.74) is 0.982. The number of halogens is 2. The zero-order chi connectivity index (χ0) is 11.1. The third-order valence-corrected chi connectivity index (χ3v) is 2.99. The fourth-order valence-corrected chi connectivity index (χ4v) is 1.69. The average Bonchev–Trinajstić information content (AvgIpc) is 2.24. The molecule has 0 aliphatic rings. The van der Waals surface area contributed by atoms with Crippen LogP contribution in [0, 0.1) is 5.82 Å². The van der Waals surface area contributed by atoms with Gasteiger partial charge in [-0.05, 0) is 54.0 Å². The predicted molar refractivity (Wildman–Crippen MR) is 65.5 cm³/mol. The van der Waals surface area contributed by atoms with Crippen LogP contribution in [-0.4, -0.2) is 13.6 Å². The standard InChI is InChI=1S/C12H15BrFN/c1-15-9-4-2-3-6-10-7-5-8-11(14)12(10)13/h2-3,5,7-8,15H,4,6,9H2,1H3/b3-2+. The highest BCUT2D eigenvalue weighted by atomic mass is 79.9. The lowest BCUT2D eigenvalue weighted by Gasteiger charge is -2.01. The molecular formula is C12H15BrFN. The number of hydrogen-bond acceptors (Lipinski definition) is 1. The molecule has 0 unspecified atom stereocenters. The summed E-state index contributed by atoms with van der Waals surface area (Å²) in [4.78, 5) is 0. The summed E-state index contributed by atoms with van der Waals surface area (Å²) in [5, 5.41) is 3.07. The van der Waals surface area contributed by atoms with E-state index in [2.05, 4.69) is 33.4 Å². The molecule has 0 atom stereocenters. The second-order valence-electron chi connectivity index (χ2n) is 3.28. The lowest BCUT2D eigenvalue weighted by molar-refractivity contribution is 0.619. The van der Waals surface area contributed by atoms with Gasteiger partial charge in [0.1, 0.15) is 5.82 Å². The molecular weight excluding hydrogens is 257 g/mol. The van der Waals surface area contributed by atoms with Crippen molar-refractivity contribution in [3.63, 3.8) is 0 Å². The van der Waals surface area contributed by atoms with E-state index in [-0.39, 0.29) is 5.82 Å². The molecule has 0 radical (unpaired) electrons. The van der Waals surface area contributed by atoms with Gasteiger partial charge in [0.25, 0.3) is 0 Å². The van der Waals surface area contributed by atoms with Crippen LogP contribution in [-0.2, 0) is 6.42 Å². The van der Waals surface area contributed by atoms with Crippen molar-refractivity contribution in [2.75, 3.05) is 13.6 Å². The average molecular weight is 272 g/mol. The number of benzene rings is 1. The van der Waals surface area contributed by atoms with Gasteiger partial charge in [-0.1, -0.05) is 24.3 Å².